The van der Waals surface area contributed by atoms with Crippen LogP contribution in [0, 0.1) is 6.92 Å². The molecule has 3 heterocycles. The predicted octanol–water partition coefficient (Wildman–Crippen LogP) is 9.04. The van der Waals surface area contributed by atoms with Gasteiger partial charge in [-0.15, -0.1) is 0 Å². The van der Waals surface area contributed by atoms with Crippen molar-refractivity contribution >= 4 is 5.57 Å². The number of hydrogen-bond donors (Lipinski definition) is 0. The lowest BCUT2D eigenvalue weighted by molar-refractivity contribution is 1.04. The molecular formula is C38H29N5. The van der Waals surface area contributed by atoms with Crippen molar-refractivity contribution in [1.29, 1.82) is 0 Å². The Balaban J connectivity index is 1.44. The molecular weight excluding hydrogens is 526 g/mol. The van der Waals surface area contributed by atoms with E-state index in [-0.39, 0.29) is 0 Å². The van der Waals surface area contributed by atoms with E-state index in [4.69, 9.17) is 19.9 Å². The minimum Gasteiger partial charge on any atom is -0.264 e. The van der Waals surface area contributed by atoms with Gasteiger partial charge in [-0.25, -0.2) is 19.9 Å². The molecule has 3 aromatic heterocycles. The van der Waals surface area contributed by atoms with Gasteiger partial charge in [0.05, 0.1) is 11.4 Å². The zero-order chi connectivity index (χ0) is 29.0. The molecule has 0 saturated heterocycles. The van der Waals surface area contributed by atoms with E-state index in [1.165, 1.54) is 0 Å². The zero-order valence-corrected chi connectivity index (χ0v) is 23.9. The molecule has 0 spiro atoms. The number of nitrogens with zero attached hydrogens (tertiary/aromatic N) is 5. The third kappa shape index (κ3) is 5.79. The van der Waals surface area contributed by atoms with Crippen molar-refractivity contribution in [1.82, 2.24) is 24.9 Å². The fraction of sp³-hybridized carbons (Fsp3) is 0.0789. The van der Waals surface area contributed by atoms with E-state index in [0.717, 1.165) is 68.7 Å². The molecule has 6 aromatic rings. The van der Waals surface area contributed by atoms with Gasteiger partial charge < -0.3 is 0 Å². The molecule has 3 aromatic carbocycles. The van der Waals surface area contributed by atoms with Crippen LogP contribution in [0.2, 0.25) is 0 Å². The number of hydrogen-bond acceptors (Lipinski definition) is 5. The first-order valence-electron chi connectivity index (χ1n) is 14.5. The van der Waals surface area contributed by atoms with Gasteiger partial charge in [-0.1, -0.05) is 85.0 Å². The van der Waals surface area contributed by atoms with Crippen molar-refractivity contribution in [2.75, 3.05) is 0 Å². The Labute approximate surface area is 251 Å². The van der Waals surface area contributed by atoms with Crippen LogP contribution in [-0.4, -0.2) is 24.9 Å². The number of allylic oxidation sites excluding steroid dienone is 4. The third-order valence-electron chi connectivity index (χ3n) is 7.44. The molecule has 5 nitrogen and oxygen atoms in total. The summed E-state index contributed by atoms with van der Waals surface area (Å²) < 4.78 is 0. The highest BCUT2D eigenvalue weighted by Gasteiger charge is 2.16. The molecule has 7 rings (SSSR count). The summed E-state index contributed by atoms with van der Waals surface area (Å²) in [5.74, 6) is 1.86. The Bertz CT molecular complexity index is 1910. The van der Waals surface area contributed by atoms with Crippen LogP contribution in [0.5, 0.6) is 0 Å². The number of rotatable bonds is 6. The Morgan fingerprint density at radius 2 is 1.12 bits per heavy atom. The topological polar surface area (TPSA) is 64.5 Å². The van der Waals surface area contributed by atoms with Crippen LogP contribution in [0.15, 0.2) is 134 Å². The van der Waals surface area contributed by atoms with Crippen LogP contribution in [0.1, 0.15) is 24.1 Å². The van der Waals surface area contributed by atoms with Crippen molar-refractivity contribution < 1.29 is 0 Å². The van der Waals surface area contributed by atoms with E-state index in [2.05, 4.69) is 66.5 Å². The van der Waals surface area contributed by atoms with E-state index < -0.39 is 0 Å². The fourth-order valence-corrected chi connectivity index (χ4v) is 5.31. The summed E-state index contributed by atoms with van der Waals surface area (Å²) in [6.45, 7) is 2.12. The van der Waals surface area contributed by atoms with Gasteiger partial charge in [-0.3, -0.25) is 4.98 Å². The largest absolute Gasteiger partial charge is 0.264 e. The van der Waals surface area contributed by atoms with Crippen molar-refractivity contribution in [3.8, 4) is 56.5 Å². The molecule has 0 atom stereocenters. The summed E-state index contributed by atoms with van der Waals surface area (Å²) >= 11 is 0. The lowest BCUT2D eigenvalue weighted by Gasteiger charge is -2.14. The van der Waals surface area contributed by atoms with Crippen LogP contribution in [-0.2, 0) is 0 Å². The molecule has 0 fully saturated rings. The zero-order valence-electron chi connectivity index (χ0n) is 23.9. The first-order chi connectivity index (χ1) is 21.2. The molecule has 0 bridgehead atoms. The Kier molecular flexibility index (Phi) is 7.20. The monoisotopic (exact) mass is 555 g/mol. The van der Waals surface area contributed by atoms with Crippen LogP contribution < -0.4 is 0 Å². The Morgan fingerprint density at radius 3 is 1.74 bits per heavy atom. The average molecular weight is 556 g/mol. The maximum absolute atomic E-state index is 5.14. The highest BCUT2D eigenvalue weighted by atomic mass is 15.0. The van der Waals surface area contributed by atoms with Gasteiger partial charge in [0, 0.05) is 40.2 Å². The first kappa shape index (κ1) is 26.4. The number of aromatic nitrogens is 5. The second-order valence-electron chi connectivity index (χ2n) is 10.6. The van der Waals surface area contributed by atoms with Gasteiger partial charge >= 0.3 is 0 Å². The summed E-state index contributed by atoms with van der Waals surface area (Å²) in [6, 6.07) is 34.9. The second kappa shape index (κ2) is 11.7. The summed E-state index contributed by atoms with van der Waals surface area (Å²) in [5.41, 5.74) is 9.99. The van der Waals surface area contributed by atoms with Gasteiger partial charge in [-0.05, 0) is 72.9 Å². The van der Waals surface area contributed by atoms with Crippen LogP contribution in [0.3, 0.4) is 0 Å². The smallest absolute Gasteiger partial charge is 0.164 e. The van der Waals surface area contributed by atoms with E-state index in [9.17, 15) is 0 Å². The number of aryl methyl sites for hydroxylation is 1. The molecule has 5 heteroatoms. The van der Waals surface area contributed by atoms with E-state index in [1.807, 2.05) is 72.9 Å². The van der Waals surface area contributed by atoms with Crippen LogP contribution in [0.25, 0.3) is 62.1 Å². The summed E-state index contributed by atoms with van der Waals surface area (Å²) in [6.07, 6.45) is 12.4. The van der Waals surface area contributed by atoms with Crippen molar-refractivity contribution in [2.24, 2.45) is 0 Å². The quantitative estimate of drug-likeness (QED) is 0.205. The molecule has 43 heavy (non-hydrogen) atoms. The molecule has 0 aliphatic heterocycles. The molecule has 0 N–H and O–H groups in total. The average Bonchev–Trinajstić information content (AvgIpc) is 3.09. The van der Waals surface area contributed by atoms with Crippen LogP contribution in [0.4, 0.5) is 0 Å². The van der Waals surface area contributed by atoms with Gasteiger partial charge in [0.1, 0.15) is 0 Å². The summed E-state index contributed by atoms with van der Waals surface area (Å²) in [4.78, 5) is 24.4. The number of benzene rings is 3. The standard InChI is InChI=1S/C38H29N5/c1-26-20-34(27-12-5-2-6-13-27)40-35(21-26)32-22-31(30-18-11-19-39-25-30)23-33(24-32)38-42-36(28-14-7-3-8-15-28)41-37(43-38)29-16-9-4-10-17-29/h3-5,7-25H,2,6H2,1H3. The van der Waals surface area contributed by atoms with E-state index >= 15 is 0 Å². The van der Waals surface area contributed by atoms with Crippen molar-refractivity contribution in [3.63, 3.8) is 0 Å². The molecule has 1 aliphatic carbocycles. The molecule has 0 radical (unpaired) electrons. The lowest BCUT2D eigenvalue weighted by Crippen LogP contribution is -2.01. The van der Waals surface area contributed by atoms with Gasteiger partial charge in [0.25, 0.3) is 0 Å². The molecule has 0 saturated carbocycles. The van der Waals surface area contributed by atoms with E-state index in [0.29, 0.717) is 17.5 Å². The second-order valence-corrected chi connectivity index (χ2v) is 10.6. The normalized spacial score (nSPS) is 12.6. The molecule has 0 unspecified atom stereocenters. The summed E-state index contributed by atoms with van der Waals surface area (Å²) in [7, 11) is 0. The van der Waals surface area contributed by atoms with Crippen molar-refractivity contribution in [2.45, 2.75) is 19.8 Å². The predicted molar refractivity (Wildman–Crippen MR) is 174 cm³/mol. The highest BCUT2D eigenvalue weighted by Crippen LogP contribution is 2.34. The molecule has 1 aliphatic rings. The lowest BCUT2D eigenvalue weighted by atomic mass is 9.97. The van der Waals surface area contributed by atoms with Gasteiger partial charge in [-0.2, -0.15) is 0 Å². The van der Waals surface area contributed by atoms with Gasteiger partial charge in [0.15, 0.2) is 17.5 Å². The first-order valence-corrected chi connectivity index (χ1v) is 14.5. The number of pyridine rings is 2. The maximum Gasteiger partial charge on any atom is 0.164 e. The highest BCUT2D eigenvalue weighted by molar-refractivity contribution is 5.81. The van der Waals surface area contributed by atoms with E-state index in [1.54, 1.807) is 6.20 Å². The Morgan fingerprint density at radius 1 is 0.512 bits per heavy atom. The van der Waals surface area contributed by atoms with Crippen molar-refractivity contribution in [3.05, 3.63) is 145 Å². The fourth-order valence-electron chi connectivity index (χ4n) is 5.31. The van der Waals surface area contributed by atoms with Gasteiger partial charge in [0.2, 0.25) is 0 Å². The third-order valence-corrected chi connectivity index (χ3v) is 7.44. The maximum atomic E-state index is 5.14. The van der Waals surface area contributed by atoms with Crippen LogP contribution >= 0.6 is 0 Å². The molecule has 0 amide bonds. The minimum atomic E-state index is 0.602. The molecule has 206 valence electrons. The Hall–Kier alpha value is -5.55. The summed E-state index contributed by atoms with van der Waals surface area (Å²) in [5, 5.41) is 0. The minimum absolute atomic E-state index is 0.602. The SMILES string of the molecule is Cc1cc(C2=CCCC=C2)nc(-c2cc(-c3cccnc3)cc(-c3nc(-c4ccccc4)nc(-c4ccccc4)n3)c2)c1.